The van der Waals surface area contributed by atoms with Crippen LogP contribution in [0.5, 0.6) is 0 Å². The number of hydrogen-bond donors (Lipinski definition) is 2. The molecular weight excluding hydrogens is 416 g/mol. The highest BCUT2D eigenvalue weighted by Crippen LogP contribution is 2.40. The molecule has 1 aromatic rings. The third-order valence-electron chi connectivity index (χ3n) is 6.72. The lowest BCUT2D eigenvalue weighted by molar-refractivity contribution is -0.116. The van der Waals surface area contributed by atoms with Gasteiger partial charge in [-0.1, -0.05) is 25.5 Å². The average Bonchev–Trinajstić information content (AvgIpc) is 3.54. The van der Waals surface area contributed by atoms with Crippen molar-refractivity contribution < 1.29 is 23.1 Å². The van der Waals surface area contributed by atoms with E-state index in [9.17, 15) is 18.4 Å². The van der Waals surface area contributed by atoms with E-state index in [4.69, 9.17) is 10.8 Å². The molecule has 0 radical (unpaired) electrons. The summed E-state index contributed by atoms with van der Waals surface area (Å²) in [5, 5.41) is 15.0. The molecule has 8 heteroatoms. The van der Waals surface area contributed by atoms with Gasteiger partial charge in [0.15, 0.2) is 5.78 Å². The van der Waals surface area contributed by atoms with E-state index in [0.717, 1.165) is 44.1 Å². The second-order valence-corrected chi connectivity index (χ2v) is 8.96. The van der Waals surface area contributed by atoms with E-state index >= 15 is 0 Å². The zero-order valence-electron chi connectivity index (χ0n) is 17.8. The van der Waals surface area contributed by atoms with Crippen LogP contribution in [0.4, 0.5) is 8.78 Å². The van der Waals surface area contributed by atoms with E-state index in [1.165, 1.54) is 12.1 Å². The number of ether oxygens (including phenoxy) is 1. The molecule has 2 atom stereocenters. The van der Waals surface area contributed by atoms with Crippen molar-refractivity contribution >= 4 is 23.5 Å². The van der Waals surface area contributed by atoms with Gasteiger partial charge in [-0.25, -0.2) is 0 Å². The van der Waals surface area contributed by atoms with Crippen LogP contribution < -0.4 is 0 Å². The van der Waals surface area contributed by atoms with Gasteiger partial charge in [-0.05, 0) is 54.9 Å². The van der Waals surface area contributed by atoms with Gasteiger partial charge in [-0.3, -0.25) is 20.4 Å². The van der Waals surface area contributed by atoms with Crippen LogP contribution in [0.25, 0.3) is 0 Å². The second kappa shape index (κ2) is 8.92. The molecule has 0 bridgehead atoms. The summed E-state index contributed by atoms with van der Waals surface area (Å²) in [4.78, 5) is 27.8. The second-order valence-electron chi connectivity index (χ2n) is 8.96. The van der Waals surface area contributed by atoms with Crippen LogP contribution in [0.15, 0.2) is 30.4 Å². The molecule has 4 rings (SSSR count). The number of rotatable bonds is 7. The van der Waals surface area contributed by atoms with Crippen molar-refractivity contribution in [3.8, 4) is 0 Å². The molecule has 170 valence electrons. The maximum absolute atomic E-state index is 13.3. The summed E-state index contributed by atoms with van der Waals surface area (Å²) in [7, 11) is 0. The number of carbonyl (C=O) groups is 2. The Morgan fingerprint density at radius 3 is 2.59 bits per heavy atom. The van der Waals surface area contributed by atoms with Crippen molar-refractivity contribution in [3.63, 3.8) is 0 Å². The van der Waals surface area contributed by atoms with E-state index < -0.39 is 18.2 Å². The highest BCUT2D eigenvalue weighted by Gasteiger charge is 2.40. The molecule has 32 heavy (non-hydrogen) atoms. The maximum atomic E-state index is 13.3. The number of carbonyl (C=O) groups excluding carboxylic acids is 2. The van der Waals surface area contributed by atoms with Gasteiger partial charge in [-0.15, -0.1) is 0 Å². The molecule has 1 heterocycles. The van der Waals surface area contributed by atoms with Crippen molar-refractivity contribution in [1.82, 2.24) is 4.90 Å². The first-order valence-electron chi connectivity index (χ1n) is 11.1. The number of amides is 1. The number of fused-ring (bicyclic) bond motifs is 1. The highest BCUT2D eigenvalue weighted by molar-refractivity contribution is 6.04. The molecule has 1 aromatic carbocycles. The van der Waals surface area contributed by atoms with Gasteiger partial charge in [0.05, 0.1) is 0 Å². The fourth-order valence-electron chi connectivity index (χ4n) is 4.76. The normalized spacial score (nSPS) is 22.6. The molecule has 3 aliphatic rings. The maximum Gasteiger partial charge on any atom is 0.312 e. The number of Topliss-reactive ketones (excluding diaryl/α,β-unsaturated/α-hetero) is 1. The van der Waals surface area contributed by atoms with Gasteiger partial charge in [-0.2, -0.15) is 8.78 Å². The number of hydrogen-bond acceptors (Lipinski definition) is 5. The Hall–Kier alpha value is -2.90. The molecule has 0 spiro atoms. The number of nitrogens with zero attached hydrogens (tertiary/aromatic N) is 1. The Labute approximate surface area is 185 Å². The first kappa shape index (κ1) is 22.3. The Morgan fingerprint density at radius 2 is 1.91 bits per heavy atom. The summed E-state index contributed by atoms with van der Waals surface area (Å²) in [6.45, 7) is 4.52. The summed E-state index contributed by atoms with van der Waals surface area (Å²) < 4.78 is 29.7. The number of nitrogens with one attached hydrogen (secondary N) is 2. The third kappa shape index (κ3) is 4.49. The smallest absolute Gasteiger partial charge is 0.312 e. The van der Waals surface area contributed by atoms with E-state index in [1.54, 1.807) is 11.0 Å². The zero-order valence-corrected chi connectivity index (χ0v) is 17.8. The SMILES string of the molecule is C=C(C(=O)CC1CC1)[C@@H]1CCCCC1N1Cc2ccc(C(=N)OC(=N)C(F)F)cc2C1=O. The van der Waals surface area contributed by atoms with Gasteiger partial charge < -0.3 is 9.64 Å². The topological polar surface area (TPSA) is 94.3 Å². The minimum absolute atomic E-state index is 0.0547. The van der Waals surface area contributed by atoms with Crippen molar-refractivity contribution in [1.29, 1.82) is 10.8 Å². The third-order valence-corrected chi connectivity index (χ3v) is 6.72. The number of halogens is 2. The van der Waals surface area contributed by atoms with Crippen LogP contribution in [0.3, 0.4) is 0 Å². The largest absolute Gasteiger partial charge is 0.419 e. The molecule has 1 unspecified atom stereocenters. The zero-order chi connectivity index (χ0) is 23.0. The minimum Gasteiger partial charge on any atom is -0.419 e. The highest BCUT2D eigenvalue weighted by atomic mass is 19.3. The number of ketones is 1. The molecule has 6 nitrogen and oxygen atoms in total. The minimum atomic E-state index is -3.11. The molecule has 2 saturated carbocycles. The van der Waals surface area contributed by atoms with E-state index in [-0.39, 0.29) is 29.2 Å². The average molecular weight is 443 g/mol. The first-order chi connectivity index (χ1) is 15.3. The summed E-state index contributed by atoms with van der Waals surface area (Å²) >= 11 is 0. The van der Waals surface area contributed by atoms with Crippen LogP contribution in [0.1, 0.15) is 66.4 Å². The van der Waals surface area contributed by atoms with Crippen molar-refractivity contribution in [3.05, 3.63) is 47.0 Å². The Morgan fingerprint density at radius 1 is 1.19 bits per heavy atom. The standard InChI is InChI=1S/C24H27F2N3O3/c1-13(20(30)10-14-6-7-14)17-4-2-3-5-19(17)29-12-16-9-8-15(11-18(16)24(29)31)22(27)32-23(28)21(25)26/h8-9,11,14,17,19,21,27-28H,1-7,10,12H2/t17-,19?/m0/s1. The van der Waals surface area contributed by atoms with Gasteiger partial charge >= 0.3 is 6.43 Å². The van der Waals surface area contributed by atoms with Gasteiger partial charge in [0.2, 0.25) is 5.90 Å². The Bertz CT molecular complexity index is 987. The predicted octanol–water partition coefficient (Wildman–Crippen LogP) is 4.71. The molecule has 0 saturated heterocycles. The van der Waals surface area contributed by atoms with E-state index in [2.05, 4.69) is 11.3 Å². The summed E-state index contributed by atoms with van der Waals surface area (Å²) in [6.07, 6.45) is 3.26. The van der Waals surface area contributed by atoms with Crippen molar-refractivity contribution in [2.24, 2.45) is 11.8 Å². The van der Waals surface area contributed by atoms with Crippen LogP contribution >= 0.6 is 0 Å². The lowest BCUT2D eigenvalue weighted by Crippen LogP contribution is -2.44. The Kier molecular flexibility index (Phi) is 6.22. The van der Waals surface area contributed by atoms with Gasteiger partial charge in [0.1, 0.15) is 0 Å². The summed E-state index contributed by atoms with van der Waals surface area (Å²) in [5.74, 6) is -1.55. The molecule has 0 aromatic heterocycles. The number of benzene rings is 1. The molecule has 2 N–H and O–H groups in total. The number of alkyl halides is 2. The lowest BCUT2D eigenvalue weighted by atomic mass is 9.77. The summed E-state index contributed by atoms with van der Waals surface area (Å²) in [5.41, 5.74) is 1.98. The first-order valence-corrected chi connectivity index (χ1v) is 11.1. The monoisotopic (exact) mass is 443 g/mol. The summed E-state index contributed by atoms with van der Waals surface area (Å²) in [6, 6.07) is 4.58. The fourth-order valence-corrected chi connectivity index (χ4v) is 4.76. The molecular formula is C24H27F2N3O3. The van der Waals surface area contributed by atoms with E-state index in [0.29, 0.717) is 30.0 Å². The predicted molar refractivity (Wildman–Crippen MR) is 115 cm³/mol. The Balaban J connectivity index is 1.50. The lowest BCUT2D eigenvalue weighted by Gasteiger charge is -2.38. The van der Waals surface area contributed by atoms with Crippen molar-refractivity contribution in [2.45, 2.75) is 64.0 Å². The molecule has 2 aliphatic carbocycles. The quantitative estimate of drug-likeness (QED) is 0.363. The van der Waals surface area contributed by atoms with Crippen LogP contribution in [-0.2, 0) is 16.1 Å². The van der Waals surface area contributed by atoms with Gasteiger partial charge in [0.25, 0.3) is 11.8 Å². The van der Waals surface area contributed by atoms with E-state index in [1.807, 2.05) is 0 Å². The molecule has 1 amide bonds. The van der Waals surface area contributed by atoms with Crippen molar-refractivity contribution in [2.75, 3.05) is 0 Å². The van der Waals surface area contributed by atoms with Crippen LogP contribution in [-0.4, -0.2) is 40.9 Å². The van der Waals surface area contributed by atoms with Gasteiger partial charge in [0, 0.05) is 36.1 Å². The fraction of sp³-hybridized carbons (Fsp3) is 0.500. The molecule has 2 fully saturated rings. The van der Waals surface area contributed by atoms with Crippen LogP contribution in [0, 0.1) is 22.7 Å². The molecule has 1 aliphatic heterocycles. The van der Waals surface area contributed by atoms with Crippen LogP contribution in [0.2, 0.25) is 0 Å².